The second-order valence-corrected chi connectivity index (χ2v) is 8.91. The number of aromatic amines is 1. The minimum absolute atomic E-state index is 0.0282. The lowest BCUT2D eigenvalue weighted by Crippen LogP contribution is -2.37. The Balaban J connectivity index is 1.38. The molecule has 1 aliphatic rings. The summed E-state index contributed by atoms with van der Waals surface area (Å²) in [6.45, 7) is 6.86. The zero-order valence-corrected chi connectivity index (χ0v) is 19.9. The van der Waals surface area contributed by atoms with Gasteiger partial charge in [-0.05, 0) is 50.7 Å². The molecular weight excluding hydrogens is 434 g/mol. The summed E-state index contributed by atoms with van der Waals surface area (Å²) in [7, 11) is 0. The third kappa shape index (κ3) is 5.39. The maximum Gasteiger partial charge on any atom is 0.253 e. The molecule has 4 rings (SSSR count). The summed E-state index contributed by atoms with van der Waals surface area (Å²) in [5.74, 6) is 0.834. The number of hydrogen-bond acceptors (Lipinski definition) is 4. The first kappa shape index (κ1) is 22.9. The van der Waals surface area contributed by atoms with E-state index in [0.29, 0.717) is 49.5 Å². The van der Waals surface area contributed by atoms with Gasteiger partial charge in [0.25, 0.3) is 5.91 Å². The van der Waals surface area contributed by atoms with Gasteiger partial charge in [-0.2, -0.15) is 5.10 Å². The van der Waals surface area contributed by atoms with Crippen molar-refractivity contribution in [2.24, 2.45) is 0 Å². The van der Waals surface area contributed by atoms with Gasteiger partial charge < -0.3 is 9.80 Å². The van der Waals surface area contributed by atoms with Crippen molar-refractivity contribution in [1.29, 1.82) is 0 Å². The van der Waals surface area contributed by atoms with E-state index in [1.807, 2.05) is 70.7 Å². The number of aryl methyl sites for hydroxylation is 2. The van der Waals surface area contributed by atoms with Crippen molar-refractivity contribution in [3.8, 4) is 11.4 Å². The molecule has 0 unspecified atom stereocenters. The topological polar surface area (TPSA) is 74.2 Å². The average Bonchev–Trinajstić information content (AvgIpc) is 3.01. The monoisotopic (exact) mass is 463 g/mol. The van der Waals surface area contributed by atoms with Crippen LogP contribution in [0.15, 0.2) is 48.5 Å². The molecule has 0 bridgehead atoms. The Labute approximate surface area is 199 Å². The Kier molecular flexibility index (Phi) is 7.03. The van der Waals surface area contributed by atoms with Gasteiger partial charge in [0.2, 0.25) is 5.91 Å². The number of aromatic nitrogens is 3. The first-order valence-electron chi connectivity index (χ1n) is 11.3. The number of benzene rings is 2. The predicted molar refractivity (Wildman–Crippen MR) is 130 cm³/mol. The van der Waals surface area contributed by atoms with Crippen LogP contribution in [0.25, 0.3) is 11.4 Å². The molecule has 8 heteroatoms. The Morgan fingerprint density at radius 1 is 0.970 bits per heavy atom. The largest absolute Gasteiger partial charge is 0.341 e. The van der Waals surface area contributed by atoms with E-state index in [-0.39, 0.29) is 11.8 Å². The molecule has 1 fully saturated rings. The molecule has 0 aliphatic carbocycles. The standard InChI is InChI=1S/C25H29N5O2S/c1-18-6-3-8-20(16-18)23-26-27-25(33)30(23)13-10-22(31)28-11-5-12-29(15-14-28)24(32)21-9-4-7-19(2)17-21/h3-4,6-9,16-17H,5,10-15H2,1-2H3,(H,27,33). The molecule has 1 aromatic heterocycles. The van der Waals surface area contributed by atoms with Gasteiger partial charge in [0.15, 0.2) is 10.6 Å². The van der Waals surface area contributed by atoms with E-state index >= 15 is 0 Å². The van der Waals surface area contributed by atoms with Crippen molar-refractivity contribution in [2.75, 3.05) is 26.2 Å². The van der Waals surface area contributed by atoms with Crippen LogP contribution in [-0.2, 0) is 11.3 Å². The molecule has 0 atom stereocenters. The van der Waals surface area contributed by atoms with E-state index in [4.69, 9.17) is 12.2 Å². The van der Waals surface area contributed by atoms with Crippen LogP contribution in [0.2, 0.25) is 0 Å². The van der Waals surface area contributed by atoms with Crippen LogP contribution in [0.4, 0.5) is 0 Å². The van der Waals surface area contributed by atoms with Crippen LogP contribution >= 0.6 is 12.2 Å². The summed E-state index contributed by atoms with van der Waals surface area (Å²) in [6, 6.07) is 15.7. The van der Waals surface area contributed by atoms with E-state index < -0.39 is 0 Å². The minimum atomic E-state index is 0.0282. The fraction of sp³-hybridized carbons (Fsp3) is 0.360. The summed E-state index contributed by atoms with van der Waals surface area (Å²) in [4.78, 5) is 29.6. The zero-order chi connectivity index (χ0) is 23.4. The first-order valence-corrected chi connectivity index (χ1v) is 11.7. The summed E-state index contributed by atoms with van der Waals surface area (Å²) in [6.07, 6.45) is 1.10. The van der Waals surface area contributed by atoms with E-state index in [0.717, 1.165) is 28.9 Å². The fourth-order valence-electron chi connectivity index (χ4n) is 4.23. The fourth-order valence-corrected chi connectivity index (χ4v) is 4.45. The molecule has 1 N–H and O–H groups in total. The number of amides is 2. The number of carbonyl (C=O) groups excluding carboxylic acids is 2. The number of nitrogens with one attached hydrogen (secondary N) is 1. The molecule has 2 amide bonds. The first-order chi connectivity index (χ1) is 15.9. The van der Waals surface area contributed by atoms with Gasteiger partial charge in [-0.25, -0.2) is 0 Å². The highest BCUT2D eigenvalue weighted by Gasteiger charge is 2.23. The zero-order valence-electron chi connectivity index (χ0n) is 19.1. The molecule has 33 heavy (non-hydrogen) atoms. The van der Waals surface area contributed by atoms with Gasteiger partial charge >= 0.3 is 0 Å². The second kappa shape index (κ2) is 10.1. The molecule has 1 saturated heterocycles. The highest BCUT2D eigenvalue weighted by molar-refractivity contribution is 7.71. The van der Waals surface area contributed by atoms with Gasteiger partial charge in [-0.15, -0.1) is 0 Å². The lowest BCUT2D eigenvalue weighted by Gasteiger charge is -2.22. The summed E-state index contributed by atoms with van der Waals surface area (Å²) in [5.41, 5.74) is 3.87. The number of hydrogen-bond donors (Lipinski definition) is 1. The molecular formula is C25H29N5O2S. The SMILES string of the molecule is Cc1cccc(C(=O)N2CCCN(C(=O)CCn3c(-c4cccc(C)c4)n[nH]c3=S)CC2)c1. The van der Waals surface area contributed by atoms with Crippen LogP contribution in [-0.4, -0.2) is 62.6 Å². The smallest absolute Gasteiger partial charge is 0.253 e. The van der Waals surface area contributed by atoms with E-state index in [2.05, 4.69) is 16.3 Å². The molecule has 7 nitrogen and oxygen atoms in total. The summed E-state index contributed by atoms with van der Waals surface area (Å²) < 4.78 is 2.39. The van der Waals surface area contributed by atoms with Gasteiger partial charge in [0.05, 0.1) is 0 Å². The van der Waals surface area contributed by atoms with Crippen LogP contribution in [0, 0.1) is 18.6 Å². The van der Waals surface area contributed by atoms with Crippen molar-refractivity contribution in [1.82, 2.24) is 24.6 Å². The van der Waals surface area contributed by atoms with Crippen molar-refractivity contribution >= 4 is 24.0 Å². The normalized spacial score (nSPS) is 14.2. The average molecular weight is 464 g/mol. The molecule has 1 aliphatic heterocycles. The molecule has 2 aromatic carbocycles. The van der Waals surface area contributed by atoms with E-state index in [9.17, 15) is 9.59 Å². The third-order valence-electron chi connectivity index (χ3n) is 5.98. The molecule has 0 radical (unpaired) electrons. The van der Waals surface area contributed by atoms with Crippen LogP contribution in [0.5, 0.6) is 0 Å². The van der Waals surface area contributed by atoms with Crippen molar-refractivity contribution < 1.29 is 9.59 Å². The second-order valence-electron chi connectivity index (χ2n) is 8.52. The van der Waals surface area contributed by atoms with Crippen molar-refractivity contribution in [3.05, 3.63) is 70.0 Å². The Morgan fingerprint density at radius 2 is 1.67 bits per heavy atom. The maximum atomic E-state index is 13.0. The Morgan fingerprint density at radius 3 is 2.42 bits per heavy atom. The quantitative estimate of drug-likeness (QED) is 0.581. The molecule has 0 spiro atoms. The van der Waals surface area contributed by atoms with Crippen LogP contribution in [0.1, 0.15) is 34.3 Å². The number of nitrogens with zero attached hydrogens (tertiary/aromatic N) is 4. The molecule has 0 saturated carbocycles. The van der Waals surface area contributed by atoms with Gasteiger partial charge in [-0.1, -0.05) is 41.5 Å². The van der Waals surface area contributed by atoms with E-state index in [1.165, 1.54) is 0 Å². The Bertz CT molecular complexity index is 1220. The molecule has 172 valence electrons. The predicted octanol–water partition coefficient (Wildman–Crippen LogP) is 3.99. The Hall–Kier alpha value is -3.26. The van der Waals surface area contributed by atoms with Crippen molar-refractivity contribution in [2.45, 2.75) is 33.2 Å². The van der Waals surface area contributed by atoms with Gasteiger partial charge in [-0.3, -0.25) is 19.3 Å². The summed E-state index contributed by atoms with van der Waals surface area (Å²) in [5, 5.41) is 7.23. The van der Waals surface area contributed by atoms with Crippen LogP contribution in [0.3, 0.4) is 0 Å². The highest BCUT2D eigenvalue weighted by Crippen LogP contribution is 2.19. The van der Waals surface area contributed by atoms with E-state index in [1.54, 1.807) is 0 Å². The number of H-pyrrole nitrogens is 1. The number of rotatable bonds is 5. The maximum absolute atomic E-state index is 13.0. The lowest BCUT2D eigenvalue weighted by molar-refractivity contribution is -0.131. The minimum Gasteiger partial charge on any atom is -0.341 e. The van der Waals surface area contributed by atoms with Gasteiger partial charge in [0.1, 0.15) is 0 Å². The van der Waals surface area contributed by atoms with Gasteiger partial charge in [0, 0.05) is 50.3 Å². The van der Waals surface area contributed by atoms with Crippen LogP contribution < -0.4 is 0 Å². The number of carbonyl (C=O) groups is 2. The lowest BCUT2D eigenvalue weighted by atomic mass is 10.1. The molecule has 2 heterocycles. The third-order valence-corrected chi connectivity index (χ3v) is 6.30. The molecule has 3 aromatic rings. The van der Waals surface area contributed by atoms with Crippen molar-refractivity contribution in [3.63, 3.8) is 0 Å². The highest BCUT2D eigenvalue weighted by atomic mass is 32.1. The summed E-state index contributed by atoms with van der Waals surface area (Å²) >= 11 is 5.41.